The largest absolute Gasteiger partial charge is 0.317 e. The molecule has 0 heterocycles. The van der Waals surface area contributed by atoms with Crippen LogP contribution in [0.2, 0.25) is 5.02 Å². The Labute approximate surface area is 142 Å². The molecule has 0 bridgehead atoms. The maximum Gasteiger partial charge on any atom is 0.255 e. The number of benzene rings is 2. The molecule has 2 aromatic carbocycles. The van der Waals surface area contributed by atoms with Crippen molar-refractivity contribution in [2.75, 3.05) is 19.4 Å². The lowest BCUT2D eigenvalue weighted by molar-refractivity contribution is 0.102. The van der Waals surface area contributed by atoms with Crippen LogP contribution in [0, 0.1) is 11.6 Å². The maximum atomic E-state index is 13.6. The first-order chi connectivity index (χ1) is 11.1. The number of amides is 1. The van der Waals surface area contributed by atoms with E-state index in [0.29, 0.717) is 0 Å². The van der Waals surface area contributed by atoms with Crippen molar-refractivity contribution in [3.8, 4) is 0 Å². The van der Waals surface area contributed by atoms with Gasteiger partial charge in [-0.1, -0.05) is 17.7 Å². The van der Waals surface area contributed by atoms with Crippen LogP contribution in [0.5, 0.6) is 0 Å². The van der Waals surface area contributed by atoms with Gasteiger partial charge in [0.05, 0.1) is 5.02 Å². The van der Waals surface area contributed by atoms with Crippen LogP contribution in [0.25, 0.3) is 0 Å². The summed E-state index contributed by atoms with van der Waals surface area (Å²) in [4.78, 5) is 11.9. The molecule has 0 aromatic heterocycles. The highest BCUT2D eigenvalue weighted by Crippen LogP contribution is 2.26. The summed E-state index contributed by atoms with van der Waals surface area (Å²) in [5.41, 5.74) is -0.725. The third-order valence-corrected chi connectivity index (χ3v) is 5.45. The predicted octanol–water partition coefficient (Wildman–Crippen LogP) is 3.12. The maximum absolute atomic E-state index is 13.6. The minimum atomic E-state index is -3.88. The Hall–Kier alpha value is -2.03. The van der Waals surface area contributed by atoms with Crippen LogP contribution in [-0.2, 0) is 10.0 Å². The van der Waals surface area contributed by atoms with E-state index in [1.165, 1.54) is 26.2 Å². The van der Waals surface area contributed by atoms with Gasteiger partial charge in [-0.3, -0.25) is 4.79 Å². The SMILES string of the molecule is CN(C)S(=O)(=O)c1cc(C(=O)Nc2c(F)cccc2F)ccc1Cl. The predicted molar refractivity (Wildman–Crippen MR) is 86.6 cm³/mol. The fourth-order valence-corrected chi connectivity index (χ4v) is 3.24. The summed E-state index contributed by atoms with van der Waals surface area (Å²) in [6.07, 6.45) is 0. The van der Waals surface area contributed by atoms with E-state index >= 15 is 0 Å². The molecule has 1 N–H and O–H groups in total. The molecule has 1 amide bonds. The van der Waals surface area contributed by atoms with E-state index in [1.807, 2.05) is 0 Å². The highest BCUT2D eigenvalue weighted by molar-refractivity contribution is 7.89. The van der Waals surface area contributed by atoms with Gasteiger partial charge in [0, 0.05) is 19.7 Å². The Morgan fingerprint density at radius 1 is 1.12 bits per heavy atom. The third-order valence-electron chi connectivity index (χ3n) is 3.15. The van der Waals surface area contributed by atoms with Gasteiger partial charge in [-0.25, -0.2) is 21.5 Å². The molecule has 0 spiro atoms. The Morgan fingerprint density at radius 3 is 2.25 bits per heavy atom. The molecule has 0 aliphatic heterocycles. The van der Waals surface area contributed by atoms with Crippen molar-refractivity contribution in [2.45, 2.75) is 4.90 Å². The minimum absolute atomic E-state index is 0.0719. The van der Waals surface area contributed by atoms with Crippen LogP contribution in [0.15, 0.2) is 41.3 Å². The smallest absolute Gasteiger partial charge is 0.255 e. The second kappa shape index (κ2) is 6.84. The number of hydrogen-bond donors (Lipinski definition) is 1. The van der Waals surface area contributed by atoms with E-state index in [0.717, 1.165) is 28.6 Å². The van der Waals surface area contributed by atoms with Crippen LogP contribution >= 0.6 is 11.6 Å². The Balaban J connectivity index is 2.42. The molecular formula is C15H13ClF2N2O3S. The number of carbonyl (C=O) groups is 1. The van der Waals surface area contributed by atoms with Gasteiger partial charge in [-0.2, -0.15) is 0 Å². The van der Waals surface area contributed by atoms with Crippen molar-refractivity contribution in [1.29, 1.82) is 0 Å². The molecule has 0 fully saturated rings. The van der Waals surface area contributed by atoms with E-state index in [2.05, 4.69) is 5.32 Å². The molecule has 0 atom stereocenters. The molecule has 0 saturated carbocycles. The molecule has 0 aliphatic carbocycles. The molecule has 24 heavy (non-hydrogen) atoms. The quantitative estimate of drug-likeness (QED) is 0.894. The summed E-state index contributed by atoms with van der Waals surface area (Å²) in [6, 6.07) is 6.66. The van der Waals surface area contributed by atoms with Gasteiger partial charge < -0.3 is 5.32 Å². The molecule has 9 heteroatoms. The number of rotatable bonds is 4. The zero-order valence-corrected chi connectivity index (χ0v) is 14.3. The van der Waals surface area contributed by atoms with Gasteiger partial charge in [0.15, 0.2) is 0 Å². The van der Waals surface area contributed by atoms with Gasteiger partial charge in [-0.05, 0) is 30.3 Å². The van der Waals surface area contributed by atoms with Crippen molar-refractivity contribution < 1.29 is 22.0 Å². The number of nitrogens with one attached hydrogen (secondary N) is 1. The van der Waals surface area contributed by atoms with Crippen molar-refractivity contribution in [3.05, 3.63) is 58.6 Å². The zero-order valence-electron chi connectivity index (χ0n) is 12.7. The van der Waals surface area contributed by atoms with Gasteiger partial charge in [-0.15, -0.1) is 0 Å². The summed E-state index contributed by atoms with van der Waals surface area (Å²) in [5.74, 6) is -2.76. The summed E-state index contributed by atoms with van der Waals surface area (Å²) < 4.78 is 52.5. The Bertz CT molecular complexity index is 881. The lowest BCUT2D eigenvalue weighted by Crippen LogP contribution is -2.23. The number of carbonyl (C=O) groups excluding carboxylic acids is 1. The summed E-state index contributed by atoms with van der Waals surface area (Å²) >= 11 is 5.88. The summed E-state index contributed by atoms with van der Waals surface area (Å²) in [7, 11) is -1.25. The van der Waals surface area contributed by atoms with Gasteiger partial charge >= 0.3 is 0 Å². The van der Waals surface area contributed by atoms with Crippen LogP contribution in [-0.4, -0.2) is 32.7 Å². The number of anilines is 1. The molecule has 2 rings (SSSR count). The standard InChI is InChI=1S/C15H13ClF2N2O3S/c1-20(2)24(22,23)13-8-9(6-7-10(13)16)15(21)19-14-11(17)4-3-5-12(14)18/h3-8H,1-2H3,(H,19,21). The number of hydrogen-bond acceptors (Lipinski definition) is 3. The average molecular weight is 375 g/mol. The minimum Gasteiger partial charge on any atom is -0.317 e. The molecule has 0 aliphatic rings. The van der Waals surface area contributed by atoms with Crippen molar-refractivity contribution in [1.82, 2.24) is 4.31 Å². The topological polar surface area (TPSA) is 66.5 Å². The first kappa shape index (κ1) is 18.3. The molecule has 0 radical (unpaired) electrons. The van der Waals surface area contributed by atoms with Crippen molar-refractivity contribution >= 4 is 33.2 Å². The van der Waals surface area contributed by atoms with Crippen LogP contribution in [0.4, 0.5) is 14.5 Å². The fourth-order valence-electron chi connectivity index (χ4n) is 1.84. The van der Waals surface area contributed by atoms with Crippen molar-refractivity contribution in [2.24, 2.45) is 0 Å². The lowest BCUT2D eigenvalue weighted by Gasteiger charge is -2.14. The first-order valence-corrected chi connectivity index (χ1v) is 8.44. The van der Waals surface area contributed by atoms with Crippen LogP contribution < -0.4 is 5.32 Å². The summed E-state index contributed by atoms with van der Waals surface area (Å²) in [6.45, 7) is 0. The fraction of sp³-hybridized carbons (Fsp3) is 0.133. The molecule has 0 unspecified atom stereocenters. The molecule has 128 valence electrons. The lowest BCUT2D eigenvalue weighted by atomic mass is 10.2. The summed E-state index contributed by atoms with van der Waals surface area (Å²) in [5, 5.41) is 2.01. The number of sulfonamides is 1. The number of nitrogens with zero attached hydrogens (tertiary/aromatic N) is 1. The van der Waals surface area contributed by atoms with E-state index in [1.54, 1.807) is 0 Å². The van der Waals surface area contributed by atoms with Gasteiger partial charge in [0.1, 0.15) is 22.2 Å². The van der Waals surface area contributed by atoms with Gasteiger partial charge in [0.2, 0.25) is 10.0 Å². The molecule has 5 nitrogen and oxygen atoms in total. The van der Waals surface area contributed by atoms with E-state index in [-0.39, 0.29) is 15.5 Å². The zero-order chi connectivity index (χ0) is 18.1. The second-order valence-corrected chi connectivity index (χ2v) is 7.51. The average Bonchev–Trinajstić information content (AvgIpc) is 2.51. The van der Waals surface area contributed by atoms with Crippen LogP contribution in [0.1, 0.15) is 10.4 Å². The molecule has 0 saturated heterocycles. The monoisotopic (exact) mass is 374 g/mol. The number of para-hydroxylation sites is 1. The normalized spacial score (nSPS) is 11.6. The highest BCUT2D eigenvalue weighted by atomic mass is 35.5. The van der Waals surface area contributed by atoms with Crippen molar-refractivity contribution in [3.63, 3.8) is 0 Å². The van der Waals surface area contributed by atoms with E-state index in [9.17, 15) is 22.0 Å². The van der Waals surface area contributed by atoms with E-state index in [4.69, 9.17) is 11.6 Å². The highest BCUT2D eigenvalue weighted by Gasteiger charge is 2.23. The molecule has 2 aromatic rings. The Morgan fingerprint density at radius 2 is 1.71 bits per heavy atom. The van der Waals surface area contributed by atoms with Crippen LogP contribution in [0.3, 0.4) is 0 Å². The molecular weight excluding hydrogens is 362 g/mol. The van der Waals surface area contributed by atoms with E-state index < -0.39 is 33.3 Å². The second-order valence-electron chi connectivity index (χ2n) is 4.98. The van der Waals surface area contributed by atoms with Gasteiger partial charge in [0.25, 0.3) is 5.91 Å². The Kier molecular flexibility index (Phi) is 5.22. The first-order valence-electron chi connectivity index (χ1n) is 6.62. The third kappa shape index (κ3) is 3.55. The number of halogens is 3.